The lowest BCUT2D eigenvalue weighted by Crippen LogP contribution is -2.05. The molecule has 0 bridgehead atoms. The van der Waals surface area contributed by atoms with Gasteiger partial charge in [-0.1, -0.05) is 19.0 Å². The minimum absolute atomic E-state index is 0.461. The van der Waals surface area contributed by atoms with Crippen molar-refractivity contribution >= 4 is 6.21 Å². The highest BCUT2D eigenvalue weighted by atomic mass is 16.5. The monoisotopic (exact) mass is 223 g/mol. The Balaban J connectivity index is 2.84. The molecule has 1 N–H and O–H groups in total. The van der Waals surface area contributed by atoms with Crippen LogP contribution in [0.2, 0.25) is 0 Å². The molecule has 0 fully saturated rings. The molecule has 0 aromatic heterocycles. The van der Waals surface area contributed by atoms with E-state index in [1.807, 2.05) is 0 Å². The number of oxime groups is 1. The van der Waals surface area contributed by atoms with Crippen molar-refractivity contribution in [1.82, 2.24) is 0 Å². The van der Waals surface area contributed by atoms with Crippen LogP contribution in [-0.2, 0) is 0 Å². The van der Waals surface area contributed by atoms with Crippen molar-refractivity contribution in [2.45, 2.75) is 13.8 Å². The smallest absolute Gasteiger partial charge is 0.161 e. The molecule has 0 aliphatic carbocycles. The van der Waals surface area contributed by atoms with Gasteiger partial charge in [-0.3, -0.25) is 0 Å². The van der Waals surface area contributed by atoms with Crippen LogP contribution in [0, 0.1) is 5.92 Å². The van der Waals surface area contributed by atoms with Crippen LogP contribution in [0.4, 0.5) is 0 Å². The van der Waals surface area contributed by atoms with Crippen LogP contribution in [0.15, 0.2) is 23.4 Å². The Labute approximate surface area is 95.5 Å². The predicted octanol–water partition coefficient (Wildman–Crippen LogP) is 2.54. The molecule has 0 saturated carbocycles. The van der Waals surface area contributed by atoms with Gasteiger partial charge in [0.1, 0.15) is 0 Å². The first-order valence-electron chi connectivity index (χ1n) is 5.15. The average molecular weight is 223 g/mol. The van der Waals surface area contributed by atoms with E-state index >= 15 is 0 Å². The lowest BCUT2D eigenvalue weighted by Gasteiger charge is -2.12. The van der Waals surface area contributed by atoms with Crippen LogP contribution in [0.3, 0.4) is 0 Å². The van der Waals surface area contributed by atoms with Gasteiger partial charge in [-0.2, -0.15) is 0 Å². The highest BCUT2D eigenvalue weighted by Crippen LogP contribution is 2.27. The third-order valence-electron chi connectivity index (χ3n) is 1.97. The first kappa shape index (κ1) is 12.4. The first-order valence-corrected chi connectivity index (χ1v) is 5.15. The van der Waals surface area contributed by atoms with Crippen molar-refractivity contribution in [2.24, 2.45) is 11.1 Å². The second-order valence-corrected chi connectivity index (χ2v) is 3.86. The molecule has 0 atom stereocenters. The van der Waals surface area contributed by atoms with E-state index in [0.717, 1.165) is 5.56 Å². The molecular weight excluding hydrogens is 206 g/mol. The van der Waals surface area contributed by atoms with E-state index in [0.29, 0.717) is 24.0 Å². The van der Waals surface area contributed by atoms with E-state index in [9.17, 15) is 0 Å². The molecule has 88 valence electrons. The van der Waals surface area contributed by atoms with Gasteiger partial charge in [-0.25, -0.2) is 0 Å². The highest BCUT2D eigenvalue weighted by molar-refractivity contribution is 5.80. The molecule has 0 radical (unpaired) electrons. The Morgan fingerprint density at radius 2 is 2.12 bits per heavy atom. The van der Waals surface area contributed by atoms with Crippen molar-refractivity contribution in [3.8, 4) is 11.5 Å². The van der Waals surface area contributed by atoms with Crippen LogP contribution >= 0.6 is 0 Å². The van der Waals surface area contributed by atoms with E-state index in [1.54, 1.807) is 25.3 Å². The minimum atomic E-state index is 0.461. The fraction of sp³-hybridized carbons (Fsp3) is 0.417. The van der Waals surface area contributed by atoms with Crippen LogP contribution < -0.4 is 9.47 Å². The van der Waals surface area contributed by atoms with Gasteiger partial charge < -0.3 is 14.7 Å². The molecule has 0 heterocycles. The zero-order valence-electron chi connectivity index (χ0n) is 9.80. The Morgan fingerprint density at radius 3 is 2.69 bits per heavy atom. The summed E-state index contributed by atoms with van der Waals surface area (Å²) in [6.45, 7) is 4.81. The van der Waals surface area contributed by atoms with Crippen molar-refractivity contribution in [2.75, 3.05) is 13.7 Å². The SMILES string of the molecule is COc1cc(/C=N/O)ccc1OCC(C)C. The van der Waals surface area contributed by atoms with Crippen LogP contribution in [0.1, 0.15) is 19.4 Å². The maximum Gasteiger partial charge on any atom is 0.161 e. The van der Waals surface area contributed by atoms with E-state index in [-0.39, 0.29) is 0 Å². The summed E-state index contributed by atoms with van der Waals surface area (Å²) in [6.07, 6.45) is 1.34. The molecule has 4 nitrogen and oxygen atoms in total. The van der Waals surface area contributed by atoms with Crippen molar-refractivity contribution in [3.05, 3.63) is 23.8 Å². The Morgan fingerprint density at radius 1 is 1.38 bits per heavy atom. The summed E-state index contributed by atoms with van der Waals surface area (Å²) in [5.41, 5.74) is 0.760. The zero-order valence-corrected chi connectivity index (χ0v) is 9.80. The maximum atomic E-state index is 8.43. The number of ether oxygens (including phenoxy) is 2. The number of methoxy groups -OCH3 is 1. The largest absolute Gasteiger partial charge is 0.493 e. The normalized spacial score (nSPS) is 11.0. The van der Waals surface area contributed by atoms with E-state index in [1.165, 1.54) is 6.21 Å². The molecule has 0 unspecified atom stereocenters. The number of rotatable bonds is 5. The maximum absolute atomic E-state index is 8.43. The fourth-order valence-electron chi connectivity index (χ4n) is 1.21. The van der Waals surface area contributed by atoms with Gasteiger partial charge in [0.2, 0.25) is 0 Å². The molecule has 0 spiro atoms. The van der Waals surface area contributed by atoms with Gasteiger partial charge in [0.05, 0.1) is 19.9 Å². The third kappa shape index (κ3) is 3.46. The fourth-order valence-corrected chi connectivity index (χ4v) is 1.21. The van der Waals surface area contributed by atoms with Gasteiger partial charge in [0.25, 0.3) is 0 Å². The number of nitrogens with zero attached hydrogens (tertiary/aromatic N) is 1. The third-order valence-corrected chi connectivity index (χ3v) is 1.97. The molecule has 1 aromatic carbocycles. The van der Waals surface area contributed by atoms with Gasteiger partial charge >= 0.3 is 0 Å². The summed E-state index contributed by atoms with van der Waals surface area (Å²) in [5.74, 6) is 1.80. The van der Waals surface area contributed by atoms with Crippen LogP contribution in [0.25, 0.3) is 0 Å². The predicted molar refractivity (Wildman–Crippen MR) is 62.7 cm³/mol. The quantitative estimate of drug-likeness (QED) is 0.474. The second kappa shape index (κ2) is 6.00. The van der Waals surface area contributed by atoms with Crippen molar-refractivity contribution < 1.29 is 14.7 Å². The van der Waals surface area contributed by atoms with E-state index in [2.05, 4.69) is 19.0 Å². The summed E-state index contributed by atoms with van der Waals surface area (Å²) in [7, 11) is 1.58. The van der Waals surface area contributed by atoms with Crippen LogP contribution in [0.5, 0.6) is 11.5 Å². The lowest BCUT2D eigenvalue weighted by molar-refractivity contribution is 0.257. The molecule has 0 aliphatic rings. The molecular formula is C12H17NO3. The summed E-state index contributed by atoms with van der Waals surface area (Å²) in [6, 6.07) is 5.37. The molecule has 0 amide bonds. The van der Waals surface area contributed by atoms with E-state index < -0.39 is 0 Å². The van der Waals surface area contributed by atoms with Crippen molar-refractivity contribution in [1.29, 1.82) is 0 Å². The van der Waals surface area contributed by atoms with Crippen LogP contribution in [-0.4, -0.2) is 25.1 Å². The molecule has 1 rings (SSSR count). The molecule has 16 heavy (non-hydrogen) atoms. The number of hydrogen-bond acceptors (Lipinski definition) is 4. The lowest BCUT2D eigenvalue weighted by atomic mass is 10.2. The molecule has 1 aromatic rings. The molecule has 4 heteroatoms. The Bertz CT molecular complexity index is 361. The van der Waals surface area contributed by atoms with Gasteiger partial charge in [0.15, 0.2) is 11.5 Å². The first-order chi connectivity index (χ1) is 7.67. The van der Waals surface area contributed by atoms with Gasteiger partial charge in [-0.15, -0.1) is 0 Å². The standard InChI is InChI=1S/C12H17NO3/c1-9(2)8-16-11-5-4-10(7-13-14)6-12(11)15-3/h4-7,9,14H,8H2,1-3H3/b13-7+. The summed E-state index contributed by atoms with van der Waals surface area (Å²) in [5, 5.41) is 11.4. The molecule has 0 saturated heterocycles. The average Bonchev–Trinajstić information content (AvgIpc) is 2.27. The highest BCUT2D eigenvalue weighted by Gasteiger charge is 2.05. The topological polar surface area (TPSA) is 51.0 Å². The minimum Gasteiger partial charge on any atom is -0.493 e. The second-order valence-electron chi connectivity index (χ2n) is 3.86. The Kier molecular flexibility index (Phi) is 4.64. The number of benzene rings is 1. The summed E-state index contributed by atoms with van der Waals surface area (Å²) < 4.78 is 10.8. The van der Waals surface area contributed by atoms with Gasteiger partial charge in [0, 0.05) is 5.56 Å². The van der Waals surface area contributed by atoms with Gasteiger partial charge in [-0.05, 0) is 24.1 Å². The van der Waals surface area contributed by atoms with Crippen molar-refractivity contribution in [3.63, 3.8) is 0 Å². The summed E-state index contributed by atoms with van der Waals surface area (Å²) in [4.78, 5) is 0. The Hall–Kier alpha value is -1.71. The number of hydrogen-bond donors (Lipinski definition) is 1. The molecule has 0 aliphatic heterocycles. The summed E-state index contributed by atoms with van der Waals surface area (Å²) >= 11 is 0. The zero-order chi connectivity index (χ0) is 12.0. The van der Waals surface area contributed by atoms with E-state index in [4.69, 9.17) is 14.7 Å².